The van der Waals surface area contributed by atoms with E-state index in [0.29, 0.717) is 19.3 Å². The standard InChI is InChI=1S/C20H32O4/c1-10-12-5-6-14-19(4)8-11(21)7-18(2,3)15(19)13(22)9-20(14,16(10)23)17(12)24/h11-17,21-24H,1,5-9H2,2-4H3/t11-,12+,13-,14-,15-,16-,17-,19+,20-/m1/s1. The van der Waals surface area contributed by atoms with Crippen LogP contribution >= 0.6 is 0 Å². The van der Waals surface area contributed by atoms with Gasteiger partial charge in [-0.1, -0.05) is 27.4 Å². The average Bonchev–Trinajstić information content (AvgIpc) is 2.54. The molecule has 4 heteroatoms. The zero-order valence-electron chi connectivity index (χ0n) is 15.1. The van der Waals surface area contributed by atoms with Crippen LogP contribution in [0.25, 0.3) is 0 Å². The minimum Gasteiger partial charge on any atom is -0.393 e. The number of aliphatic hydroxyl groups is 4. The van der Waals surface area contributed by atoms with E-state index in [4.69, 9.17) is 0 Å². The first-order valence-corrected chi connectivity index (χ1v) is 9.46. The highest BCUT2D eigenvalue weighted by Gasteiger charge is 2.72. The molecule has 0 amide bonds. The predicted octanol–water partition coefficient (Wildman–Crippen LogP) is 1.86. The van der Waals surface area contributed by atoms with Gasteiger partial charge in [-0.2, -0.15) is 0 Å². The van der Waals surface area contributed by atoms with Gasteiger partial charge in [-0.25, -0.2) is 0 Å². The molecule has 4 aliphatic rings. The second-order valence-corrected chi connectivity index (χ2v) is 10.1. The Kier molecular flexibility index (Phi) is 3.44. The molecule has 0 saturated heterocycles. The molecule has 1 spiro atoms. The first-order valence-electron chi connectivity index (χ1n) is 9.46. The normalized spacial score (nSPS) is 59.0. The molecular weight excluding hydrogens is 304 g/mol. The van der Waals surface area contributed by atoms with E-state index in [1.165, 1.54) is 0 Å². The maximum Gasteiger partial charge on any atom is 0.0836 e. The third-order valence-corrected chi connectivity index (χ3v) is 8.42. The zero-order chi connectivity index (χ0) is 17.7. The molecule has 0 aromatic rings. The van der Waals surface area contributed by atoms with Crippen molar-refractivity contribution in [2.24, 2.45) is 34.0 Å². The highest BCUT2D eigenvalue weighted by Crippen LogP contribution is 2.71. The largest absolute Gasteiger partial charge is 0.393 e. The lowest BCUT2D eigenvalue weighted by Gasteiger charge is -2.66. The van der Waals surface area contributed by atoms with Crippen molar-refractivity contribution in [2.45, 2.75) is 77.3 Å². The fraction of sp³-hybridized carbons (Fsp3) is 0.900. The molecule has 4 fully saturated rings. The number of hydrogen-bond donors (Lipinski definition) is 4. The van der Waals surface area contributed by atoms with Gasteiger partial charge >= 0.3 is 0 Å². The summed E-state index contributed by atoms with van der Waals surface area (Å²) in [6.07, 6.45) is 1.22. The fourth-order valence-corrected chi connectivity index (χ4v) is 8.09. The molecule has 4 saturated carbocycles. The van der Waals surface area contributed by atoms with Crippen LogP contribution in [0, 0.1) is 34.0 Å². The Morgan fingerprint density at radius 3 is 2.29 bits per heavy atom. The van der Waals surface area contributed by atoms with Crippen LogP contribution in [-0.2, 0) is 0 Å². The first kappa shape index (κ1) is 17.0. The van der Waals surface area contributed by atoms with Gasteiger partial charge in [0.2, 0.25) is 0 Å². The zero-order valence-corrected chi connectivity index (χ0v) is 15.1. The third-order valence-electron chi connectivity index (χ3n) is 8.42. The first-order chi connectivity index (χ1) is 11.1. The van der Waals surface area contributed by atoms with Crippen molar-refractivity contribution >= 4 is 0 Å². The molecule has 4 nitrogen and oxygen atoms in total. The molecule has 4 aliphatic carbocycles. The van der Waals surface area contributed by atoms with Gasteiger partial charge in [-0.3, -0.25) is 0 Å². The fourth-order valence-electron chi connectivity index (χ4n) is 8.09. The summed E-state index contributed by atoms with van der Waals surface area (Å²) in [4.78, 5) is 0. The Labute approximate surface area is 144 Å². The molecule has 0 radical (unpaired) electrons. The van der Waals surface area contributed by atoms with Crippen molar-refractivity contribution in [1.82, 2.24) is 0 Å². The maximum absolute atomic E-state index is 11.1. The monoisotopic (exact) mass is 336 g/mol. The number of rotatable bonds is 0. The van der Waals surface area contributed by atoms with Crippen LogP contribution in [-0.4, -0.2) is 44.8 Å². The minimum atomic E-state index is -0.750. The van der Waals surface area contributed by atoms with Gasteiger partial charge < -0.3 is 20.4 Å². The molecule has 2 bridgehead atoms. The van der Waals surface area contributed by atoms with E-state index in [0.717, 1.165) is 18.4 Å². The van der Waals surface area contributed by atoms with E-state index >= 15 is 0 Å². The summed E-state index contributed by atoms with van der Waals surface area (Å²) in [6.45, 7) is 10.5. The Morgan fingerprint density at radius 2 is 1.62 bits per heavy atom. The van der Waals surface area contributed by atoms with E-state index in [-0.39, 0.29) is 34.7 Å². The molecular formula is C20H32O4. The highest BCUT2D eigenvalue weighted by atomic mass is 16.3. The lowest BCUT2D eigenvalue weighted by atomic mass is 9.39. The molecule has 0 unspecified atom stereocenters. The van der Waals surface area contributed by atoms with Crippen LogP contribution in [0.2, 0.25) is 0 Å². The predicted molar refractivity (Wildman–Crippen MR) is 91.0 cm³/mol. The van der Waals surface area contributed by atoms with E-state index in [1.807, 2.05) is 0 Å². The quantitative estimate of drug-likeness (QED) is 0.509. The molecule has 4 N–H and O–H groups in total. The topological polar surface area (TPSA) is 80.9 Å². The lowest BCUT2D eigenvalue weighted by molar-refractivity contribution is -0.252. The van der Waals surface area contributed by atoms with Gasteiger partial charge in [0.15, 0.2) is 0 Å². The van der Waals surface area contributed by atoms with Gasteiger partial charge in [0.25, 0.3) is 0 Å². The van der Waals surface area contributed by atoms with Crippen molar-refractivity contribution in [1.29, 1.82) is 0 Å². The van der Waals surface area contributed by atoms with Crippen LogP contribution in [0.3, 0.4) is 0 Å². The van der Waals surface area contributed by atoms with Gasteiger partial charge in [-0.05, 0) is 60.3 Å². The van der Waals surface area contributed by atoms with Gasteiger partial charge in [-0.15, -0.1) is 0 Å². The average molecular weight is 336 g/mol. The summed E-state index contributed by atoms with van der Waals surface area (Å²) in [6, 6.07) is 0. The number of fused-ring (bicyclic) bond motifs is 3. The maximum atomic E-state index is 11.1. The Bertz CT molecular complexity index is 572. The summed E-state index contributed by atoms with van der Waals surface area (Å²) < 4.78 is 0. The molecule has 9 atom stereocenters. The van der Waals surface area contributed by atoms with Crippen LogP contribution in [0.15, 0.2) is 12.2 Å². The van der Waals surface area contributed by atoms with Crippen molar-refractivity contribution in [2.75, 3.05) is 0 Å². The molecule has 0 aromatic heterocycles. The highest BCUT2D eigenvalue weighted by molar-refractivity contribution is 5.31. The number of aliphatic hydroxyl groups excluding tert-OH is 4. The van der Waals surface area contributed by atoms with E-state index in [2.05, 4.69) is 27.4 Å². The van der Waals surface area contributed by atoms with Crippen LogP contribution in [0.4, 0.5) is 0 Å². The third kappa shape index (κ3) is 1.78. The molecule has 4 rings (SSSR count). The van der Waals surface area contributed by atoms with Crippen molar-refractivity contribution in [3.05, 3.63) is 12.2 Å². The molecule has 0 aromatic carbocycles. The summed E-state index contributed by atoms with van der Waals surface area (Å²) in [5, 5.41) is 43.8. The lowest BCUT2D eigenvalue weighted by Crippen LogP contribution is -2.67. The minimum absolute atomic E-state index is 0.0508. The Balaban J connectivity index is 1.86. The SMILES string of the molecule is C=C1[C@@H](O)[C@@]23C[C@@H](O)[C@@H]4C(C)(C)C[C@@H](O)C[C@@]4(C)[C@H]2CC[C@@H]1[C@H]3O. The van der Waals surface area contributed by atoms with Crippen molar-refractivity contribution in [3.63, 3.8) is 0 Å². The van der Waals surface area contributed by atoms with Crippen molar-refractivity contribution in [3.8, 4) is 0 Å². The summed E-state index contributed by atoms with van der Waals surface area (Å²) in [5.41, 5.74) is -0.390. The second kappa shape index (κ2) is 4.85. The molecule has 0 heterocycles. The summed E-state index contributed by atoms with van der Waals surface area (Å²) in [5.74, 6) is 0.132. The molecule has 136 valence electrons. The molecule has 0 aliphatic heterocycles. The second-order valence-electron chi connectivity index (χ2n) is 10.1. The van der Waals surface area contributed by atoms with E-state index in [1.54, 1.807) is 0 Å². The Hall–Kier alpha value is -0.420. The van der Waals surface area contributed by atoms with E-state index < -0.39 is 23.7 Å². The van der Waals surface area contributed by atoms with Crippen LogP contribution < -0.4 is 0 Å². The van der Waals surface area contributed by atoms with Crippen LogP contribution in [0.1, 0.15) is 52.9 Å². The number of hydrogen-bond acceptors (Lipinski definition) is 4. The summed E-state index contributed by atoms with van der Waals surface area (Å²) in [7, 11) is 0. The van der Waals surface area contributed by atoms with Gasteiger partial charge in [0.05, 0.1) is 24.4 Å². The van der Waals surface area contributed by atoms with E-state index in [9.17, 15) is 20.4 Å². The van der Waals surface area contributed by atoms with Gasteiger partial charge in [0, 0.05) is 11.3 Å². The molecule has 24 heavy (non-hydrogen) atoms. The smallest absolute Gasteiger partial charge is 0.0836 e. The van der Waals surface area contributed by atoms with Crippen LogP contribution in [0.5, 0.6) is 0 Å². The Morgan fingerprint density at radius 1 is 0.958 bits per heavy atom. The van der Waals surface area contributed by atoms with Gasteiger partial charge in [0.1, 0.15) is 0 Å². The van der Waals surface area contributed by atoms with Crippen molar-refractivity contribution < 1.29 is 20.4 Å². The summed E-state index contributed by atoms with van der Waals surface area (Å²) >= 11 is 0.